The average molecular weight is 220 g/mol. The van der Waals surface area contributed by atoms with Crippen molar-refractivity contribution >= 4 is 0 Å². The fraction of sp³-hybridized carbons (Fsp3) is 0.643. The summed E-state index contributed by atoms with van der Waals surface area (Å²) >= 11 is 0. The number of pyridine rings is 1. The van der Waals surface area contributed by atoms with E-state index in [1.54, 1.807) is 0 Å². The summed E-state index contributed by atoms with van der Waals surface area (Å²) in [6.45, 7) is 5.55. The minimum atomic E-state index is 0.693. The molecule has 0 radical (unpaired) electrons. The van der Waals surface area contributed by atoms with E-state index >= 15 is 0 Å². The van der Waals surface area contributed by atoms with E-state index in [-0.39, 0.29) is 0 Å². The van der Waals surface area contributed by atoms with Crippen molar-refractivity contribution in [3.8, 4) is 0 Å². The Kier molecular flexibility index (Phi) is 6.82. The van der Waals surface area contributed by atoms with Crippen molar-refractivity contribution in [1.82, 2.24) is 10.3 Å². The molecule has 0 amide bonds. The highest BCUT2D eigenvalue weighted by Gasteiger charge is 2.04. The van der Waals surface area contributed by atoms with Crippen LogP contribution >= 0.6 is 0 Å². The Morgan fingerprint density at radius 3 is 2.50 bits per heavy atom. The van der Waals surface area contributed by atoms with Gasteiger partial charge in [0.15, 0.2) is 0 Å². The maximum absolute atomic E-state index is 4.33. The van der Waals surface area contributed by atoms with Crippen LogP contribution in [0.15, 0.2) is 24.4 Å². The summed E-state index contributed by atoms with van der Waals surface area (Å²) in [5.41, 5.74) is 1.18. The molecule has 0 spiro atoms. The first-order valence-corrected chi connectivity index (χ1v) is 6.50. The predicted molar refractivity (Wildman–Crippen MR) is 69.5 cm³/mol. The summed E-state index contributed by atoms with van der Waals surface area (Å²) in [6.07, 6.45) is 8.00. The van der Waals surface area contributed by atoms with Gasteiger partial charge in [0.25, 0.3) is 0 Å². The number of hydrogen-bond acceptors (Lipinski definition) is 2. The van der Waals surface area contributed by atoms with E-state index in [2.05, 4.69) is 36.3 Å². The highest BCUT2D eigenvalue weighted by molar-refractivity contribution is 5.03. The van der Waals surface area contributed by atoms with Crippen molar-refractivity contribution < 1.29 is 0 Å². The minimum absolute atomic E-state index is 0.693. The van der Waals surface area contributed by atoms with Gasteiger partial charge in [-0.05, 0) is 25.0 Å². The summed E-state index contributed by atoms with van der Waals surface area (Å²) in [7, 11) is 0. The summed E-state index contributed by atoms with van der Waals surface area (Å²) in [5.74, 6) is 0. The second-order valence-corrected chi connectivity index (χ2v) is 4.30. The van der Waals surface area contributed by atoms with Crippen LogP contribution in [-0.2, 0) is 6.42 Å². The van der Waals surface area contributed by atoms with Crippen molar-refractivity contribution in [1.29, 1.82) is 0 Å². The largest absolute Gasteiger partial charge is 0.314 e. The molecule has 0 aliphatic heterocycles. The molecular formula is C14H24N2. The van der Waals surface area contributed by atoms with Crippen LogP contribution in [0.1, 0.15) is 45.2 Å². The fourth-order valence-corrected chi connectivity index (χ4v) is 2.00. The Labute approximate surface area is 99.5 Å². The molecule has 0 saturated heterocycles. The normalized spacial score (nSPS) is 10.9. The topological polar surface area (TPSA) is 24.9 Å². The van der Waals surface area contributed by atoms with Crippen molar-refractivity contribution in [2.45, 2.75) is 52.0 Å². The molecule has 1 aromatic rings. The Morgan fingerprint density at radius 2 is 1.94 bits per heavy atom. The monoisotopic (exact) mass is 220 g/mol. The van der Waals surface area contributed by atoms with Gasteiger partial charge < -0.3 is 5.32 Å². The van der Waals surface area contributed by atoms with Gasteiger partial charge in [-0.3, -0.25) is 4.98 Å². The molecule has 90 valence electrons. The van der Waals surface area contributed by atoms with Crippen molar-refractivity contribution in [2.24, 2.45) is 0 Å². The molecule has 0 aliphatic rings. The number of nitrogens with zero attached hydrogens (tertiary/aromatic N) is 1. The molecular weight excluding hydrogens is 196 g/mol. The molecule has 1 N–H and O–H groups in total. The highest BCUT2D eigenvalue weighted by atomic mass is 14.9. The first-order chi connectivity index (χ1) is 7.86. The van der Waals surface area contributed by atoms with E-state index in [4.69, 9.17) is 0 Å². The second kappa shape index (κ2) is 8.28. The molecule has 0 fully saturated rings. The molecule has 2 heteroatoms. The molecule has 0 atom stereocenters. The van der Waals surface area contributed by atoms with Gasteiger partial charge >= 0.3 is 0 Å². The average Bonchev–Trinajstić information content (AvgIpc) is 2.31. The summed E-state index contributed by atoms with van der Waals surface area (Å²) in [5, 5.41) is 3.63. The Bertz CT molecular complexity index is 253. The van der Waals surface area contributed by atoms with Gasteiger partial charge in [-0.15, -0.1) is 0 Å². The molecule has 0 aromatic carbocycles. The van der Waals surface area contributed by atoms with E-state index in [9.17, 15) is 0 Å². The third-order valence-corrected chi connectivity index (χ3v) is 2.81. The maximum atomic E-state index is 4.33. The Hall–Kier alpha value is -0.890. The fourth-order valence-electron chi connectivity index (χ4n) is 2.00. The van der Waals surface area contributed by atoms with E-state index < -0.39 is 0 Å². The van der Waals surface area contributed by atoms with E-state index in [0.717, 1.165) is 13.0 Å². The zero-order valence-corrected chi connectivity index (χ0v) is 10.6. The van der Waals surface area contributed by atoms with Crippen molar-refractivity contribution in [3.63, 3.8) is 0 Å². The third-order valence-electron chi connectivity index (χ3n) is 2.81. The van der Waals surface area contributed by atoms with E-state index in [0.29, 0.717) is 6.04 Å². The predicted octanol–water partition coefficient (Wildman–Crippen LogP) is 3.18. The van der Waals surface area contributed by atoms with Gasteiger partial charge in [0, 0.05) is 30.9 Å². The van der Waals surface area contributed by atoms with E-state index in [1.165, 1.54) is 31.4 Å². The molecule has 1 heterocycles. The van der Waals surface area contributed by atoms with Gasteiger partial charge in [-0.25, -0.2) is 0 Å². The van der Waals surface area contributed by atoms with Gasteiger partial charge in [0.05, 0.1) is 0 Å². The standard InChI is InChI=1S/C14H24N2/c1-3-7-13(8-4-2)16-12-10-14-9-5-6-11-15-14/h5-6,9,11,13,16H,3-4,7-8,10,12H2,1-2H3. The van der Waals surface area contributed by atoms with Gasteiger partial charge in [0.1, 0.15) is 0 Å². The van der Waals surface area contributed by atoms with Gasteiger partial charge in [0.2, 0.25) is 0 Å². The van der Waals surface area contributed by atoms with E-state index in [1.807, 2.05) is 12.3 Å². The first-order valence-electron chi connectivity index (χ1n) is 6.50. The van der Waals surface area contributed by atoms with Crippen molar-refractivity contribution in [3.05, 3.63) is 30.1 Å². The van der Waals surface area contributed by atoms with Crippen LogP contribution in [0.2, 0.25) is 0 Å². The van der Waals surface area contributed by atoms with Crippen LogP contribution in [0, 0.1) is 0 Å². The Balaban J connectivity index is 2.22. The lowest BCUT2D eigenvalue weighted by molar-refractivity contribution is 0.446. The number of nitrogens with one attached hydrogen (secondary N) is 1. The number of aromatic nitrogens is 1. The molecule has 1 aromatic heterocycles. The lowest BCUT2D eigenvalue weighted by Crippen LogP contribution is -2.30. The van der Waals surface area contributed by atoms with Crippen molar-refractivity contribution in [2.75, 3.05) is 6.54 Å². The Morgan fingerprint density at radius 1 is 1.19 bits per heavy atom. The molecule has 0 aliphatic carbocycles. The lowest BCUT2D eigenvalue weighted by Gasteiger charge is -2.16. The summed E-state index contributed by atoms with van der Waals surface area (Å²) in [6, 6.07) is 6.81. The van der Waals surface area contributed by atoms with Crippen LogP contribution in [-0.4, -0.2) is 17.6 Å². The van der Waals surface area contributed by atoms with Crippen LogP contribution in [0.25, 0.3) is 0 Å². The maximum Gasteiger partial charge on any atom is 0.0416 e. The third kappa shape index (κ3) is 5.26. The minimum Gasteiger partial charge on any atom is -0.314 e. The van der Waals surface area contributed by atoms with Gasteiger partial charge in [-0.2, -0.15) is 0 Å². The molecule has 0 bridgehead atoms. The number of rotatable bonds is 8. The van der Waals surface area contributed by atoms with Crippen LogP contribution in [0.3, 0.4) is 0 Å². The SMILES string of the molecule is CCCC(CCC)NCCc1ccccn1. The van der Waals surface area contributed by atoms with Crippen LogP contribution < -0.4 is 5.32 Å². The quantitative estimate of drug-likeness (QED) is 0.728. The summed E-state index contributed by atoms with van der Waals surface area (Å²) < 4.78 is 0. The first kappa shape index (κ1) is 13.2. The van der Waals surface area contributed by atoms with Gasteiger partial charge in [-0.1, -0.05) is 32.8 Å². The molecule has 1 rings (SSSR count). The lowest BCUT2D eigenvalue weighted by atomic mass is 10.1. The molecule has 0 unspecified atom stereocenters. The molecule has 2 nitrogen and oxygen atoms in total. The zero-order chi connectivity index (χ0) is 11.6. The summed E-state index contributed by atoms with van der Waals surface area (Å²) in [4.78, 5) is 4.33. The highest BCUT2D eigenvalue weighted by Crippen LogP contribution is 2.04. The molecule has 0 saturated carbocycles. The van der Waals surface area contributed by atoms with Crippen LogP contribution in [0.4, 0.5) is 0 Å². The molecule has 16 heavy (non-hydrogen) atoms. The second-order valence-electron chi connectivity index (χ2n) is 4.30. The van der Waals surface area contributed by atoms with Crippen LogP contribution in [0.5, 0.6) is 0 Å². The zero-order valence-electron chi connectivity index (χ0n) is 10.6. The smallest absolute Gasteiger partial charge is 0.0416 e. The number of hydrogen-bond donors (Lipinski definition) is 1.